The molecule has 74 valence electrons. The van der Waals surface area contributed by atoms with Gasteiger partial charge in [-0.2, -0.15) is 0 Å². The molecule has 0 unspecified atom stereocenters. The van der Waals surface area contributed by atoms with Crippen molar-refractivity contribution in [1.29, 1.82) is 0 Å². The molecule has 0 spiro atoms. The molecular weight excluding hydrogens is 172 g/mol. The first-order valence-corrected chi connectivity index (χ1v) is 3.99. The maximum atomic E-state index is 11.1. The summed E-state index contributed by atoms with van der Waals surface area (Å²) in [4.78, 5) is 21.3. The predicted octanol–water partition coefficient (Wildman–Crippen LogP) is 1.22. The lowest BCUT2D eigenvalue weighted by atomic mass is 10.0. The third kappa shape index (κ3) is 4.30. The van der Waals surface area contributed by atoms with Gasteiger partial charge >= 0.3 is 11.9 Å². The molecule has 0 aliphatic heterocycles. The Morgan fingerprint density at radius 2 is 2.00 bits per heavy atom. The van der Waals surface area contributed by atoms with E-state index >= 15 is 0 Å². The molecule has 0 saturated heterocycles. The first kappa shape index (κ1) is 11.7. The average molecular weight is 186 g/mol. The Bertz CT molecular complexity index is 228. The number of esters is 1. The number of hydrogen-bond donors (Lipinski definition) is 1. The highest BCUT2D eigenvalue weighted by Crippen LogP contribution is 2.11. The van der Waals surface area contributed by atoms with Crippen LogP contribution in [0.15, 0.2) is 11.6 Å². The monoisotopic (exact) mass is 186 g/mol. The maximum Gasteiger partial charge on any atom is 0.333 e. The van der Waals surface area contributed by atoms with Crippen LogP contribution in [0.5, 0.6) is 0 Å². The fourth-order valence-corrected chi connectivity index (χ4v) is 0.870. The van der Waals surface area contributed by atoms with Gasteiger partial charge < -0.3 is 9.84 Å². The van der Waals surface area contributed by atoms with Gasteiger partial charge in [-0.05, 0) is 5.92 Å². The molecular formula is C9H14O4. The summed E-state index contributed by atoms with van der Waals surface area (Å²) in [6.45, 7) is 3.62. The SMILES string of the molecule is COC(=O)/C(=C/CC(=O)O)C(C)C. The number of carbonyl (C=O) groups is 2. The Labute approximate surface area is 77.2 Å². The average Bonchev–Trinajstić information content (AvgIpc) is 2.03. The van der Waals surface area contributed by atoms with E-state index in [2.05, 4.69) is 4.74 Å². The van der Waals surface area contributed by atoms with Crippen LogP contribution >= 0.6 is 0 Å². The first-order valence-electron chi connectivity index (χ1n) is 3.99. The largest absolute Gasteiger partial charge is 0.481 e. The summed E-state index contributed by atoms with van der Waals surface area (Å²) in [5.41, 5.74) is 0.407. The van der Waals surface area contributed by atoms with Crippen molar-refractivity contribution < 1.29 is 19.4 Å². The number of carbonyl (C=O) groups excluding carboxylic acids is 1. The van der Waals surface area contributed by atoms with E-state index in [0.29, 0.717) is 5.57 Å². The molecule has 13 heavy (non-hydrogen) atoms. The van der Waals surface area contributed by atoms with Gasteiger partial charge in [0.2, 0.25) is 0 Å². The zero-order valence-electron chi connectivity index (χ0n) is 8.03. The second-order valence-electron chi connectivity index (χ2n) is 2.90. The van der Waals surface area contributed by atoms with E-state index in [1.165, 1.54) is 13.2 Å². The van der Waals surface area contributed by atoms with Crippen LogP contribution in [0.25, 0.3) is 0 Å². The van der Waals surface area contributed by atoms with Crippen LogP contribution in [0.3, 0.4) is 0 Å². The second-order valence-corrected chi connectivity index (χ2v) is 2.90. The molecule has 0 aromatic carbocycles. The number of aliphatic carboxylic acids is 1. The quantitative estimate of drug-likeness (QED) is 0.529. The van der Waals surface area contributed by atoms with Crippen LogP contribution in [0.4, 0.5) is 0 Å². The van der Waals surface area contributed by atoms with Crippen molar-refractivity contribution >= 4 is 11.9 Å². The van der Waals surface area contributed by atoms with Crippen molar-refractivity contribution in [2.75, 3.05) is 7.11 Å². The summed E-state index contributed by atoms with van der Waals surface area (Å²) < 4.78 is 4.51. The van der Waals surface area contributed by atoms with Crippen molar-refractivity contribution in [2.45, 2.75) is 20.3 Å². The summed E-state index contributed by atoms with van der Waals surface area (Å²) in [6, 6.07) is 0. The highest BCUT2D eigenvalue weighted by atomic mass is 16.5. The number of carboxylic acids is 1. The van der Waals surface area contributed by atoms with Gasteiger partial charge in [-0.3, -0.25) is 4.79 Å². The molecule has 4 nitrogen and oxygen atoms in total. The van der Waals surface area contributed by atoms with Crippen LogP contribution in [0.2, 0.25) is 0 Å². The topological polar surface area (TPSA) is 63.6 Å². The van der Waals surface area contributed by atoms with E-state index in [4.69, 9.17) is 5.11 Å². The summed E-state index contributed by atoms with van der Waals surface area (Å²) in [5, 5.41) is 8.40. The summed E-state index contributed by atoms with van der Waals surface area (Å²) in [6.07, 6.45) is 1.24. The van der Waals surface area contributed by atoms with E-state index in [1.807, 2.05) is 13.8 Å². The first-order chi connectivity index (χ1) is 5.99. The highest BCUT2D eigenvalue weighted by molar-refractivity contribution is 5.89. The van der Waals surface area contributed by atoms with Crippen LogP contribution < -0.4 is 0 Å². The van der Waals surface area contributed by atoms with Crippen molar-refractivity contribution in [3.63, 3.8) is 0 Å². The Balaban J connectivity index is 4.50. The minimum Gasteiger partial charge on any atom is -0.481 e. The Kier molecular flexibility index (Phi) is 4.80. The Morgan fingerprint density at radius 3 is 2.31 bits per heavy atom. The summed E-state index contributed by atoms with van der Waals surface area (Å²) in [5.74, 6) is -1.44. The van der Waals surface area contributed by atoms with Gasteiger partial charge in [-0.25, -0.2) is 4.79 Å². The van der Waals surface area contributed by atoms with E-state index in [0.717, 1.165) is 0 Å². The van der Waals surface area contributed by atoms with Crippen molar-refractivity contribution in [2.24, 2.45) is 5.92 Å². The number of carboxylic acid groups (broad SMARTS) is 1. The van der Waals surface area contributed by atoms with Gasteiger partial charge in [0.1, 0.15) is 0 Å². The van der Waals surface area contributed by atoms with Gasteiger partial charge in [0.05, 0.1) is 13.5 Å². The maximum absolute atomic E-state index is 11.1. The van der Waals surface area contributed by atoms with Crippen LogP contribution in [-0.4, -0.2) is 24.2 Å². The third-order valence-corrected chi connectivity index (χ3v) is 1.54. The number of methoxy groups -OCH3 is 1. The fourth-order valence-electron chi connectivity index (χ4n) is 0.870. The normalized spacial score (nSPS) is 11.5. The molecule has 0 atom stereocenters. The molecule has 0 amide bonds. The van der Waals surface area contributed by atoms with Crippen molar-refractivity contribution in [3.05, 3.63) is 11.6 Å². The van der Waals surface area contributed by atoms with Gasteiger partial charge in [0.15, 0.2) is 0 Å². The smallest absolute Gasteiger partial charge is 0.333 e. The molecule has 0 aromatic rings. The van der Waals surface area contributed by atoms with Crippen LogP contribution in [0, 0.1) is 5.92 Å². The lowest BCUT2D eigenvalue weighted by Gasteiger charge is -2.07. The van der Waals surface area contributed by atoms with E-state index in [9.17, 15) is 9.59 Å². The Hall–Kier alpha value is -1.32. The number of hydrogen-bond acceptors (Lipinski definition) is 3. The standard InChI is InChI=1S/C9H14O4/c1-6(2)7(9(12)13-3)4-5-8(10)11/h4,6H,5H2,1-3H3,(H,10,11)/b7-4+. The van der Waals surface area contributed by atoms with E-state index in [1.54, 1.807) is 0 Å². The lowest BCUT2D eigenvalue weighted by Crippen LogP contribution is -2.10. The van der Waals surface area contributed by atoms with E-state index in [-0.39, 0.29) is 12.3 Å². The van der Waals surface area contributed by atoms with Gasteiger partial charge in [-0.1, -0.05) is 19.9 Å². The molecule has 0 aliphatic rings. The van der Waals surface area contributed by atoms with Gasteiger partial charge in [0, 0.05) is 5.57 Å². The van der Waals surface area contributed by atoms with Crippen LogP contribution in [-0.2, 0) is 14.3 Å². The van der Waals surface area contributed by atoms with Crippen molar-refractivity contribution in [1.82, 2.24) is 0 Å². The zero-order valence-corrected chi connectivity index (χ0v) is 8.03. The molecule has 0 radical (unpaired) electrons. The van der Waals surface area contributed by atoms with Crippen molar-refractivity contribution in [3.8, 4) is 0 Å². The number of ether oxygens (including phenoxy) is 1. The summed E-state index contributed by atoms with van der Waals surface area (Å²) in [7, 11) is 1.28. The Morgan fingerprint density at radius 1 is 1.46 bits per heavy atom. The zero-order chi connectivity index (χ0) is 10.4. The predicted molar refractivity (Wildman–Crippen MR) is 47.2 cm³/mol. The molecule has 4 heteroatoms. The molecule has 0 saturated carbocycles. The number of rotatable bonds is 4. The molecule has 0 aromatic heterocycles. The van der Waals surface area contributed by atoms with Crippen LogP contribution in [0.1, 0.15) is 20.3 Å². The summed E-state index contributed by atoms with van der Waals surface area (Å²) >= 11 is 0. The van der Waals surface area contributed by atoms with E-state index < -0.39 is 11.9 Å². The molecule has 0 fully saturated rings. The third-order valence-electron chi connectivity index (χ3n) is 1.54. The lowest BCUT2D eigenvalue weighted by molar-refractivity contribution is -0.136. The molecule has 0 bridgehead atoms. The molecule has 0 aliphatic carbocycles. The highest BCUT2D eigenvalue weighted by Gasteiger charge is 2.13. The van der Waals surface area contributed by atoms with Gasteiger partial charge in [-0.15, -0.1) is 0 Å². The molecule has 0 rings (SSSR count). The minimum absolute atomic E-state index is 0.0215. The second kappa shape index (κ2) is 5.35. The fraction of sp³-hybridized carbons (Fsp3) is 0.556. The van der Waals surface area contributed by atoms with Gasteiger partial charge in [0.25, 0.3) is 0 Å². The molecule has 1 N–H and O–H groups in total. The molecule has 0 heterocycles. The minimum atomic E-state index is -0.956.